The lowest BCUT2D eigenvalue weighted by molar-refractivity contribution is 0.483. The molecule has 0 spiro atoms. The van der Waals surface area contributed by atoms with Gasteiger partial charge in [0.2, 0.25) is 10.0 Å². The van der Waals surface area contributed by atoms with E-state index in [4.69, 9.17) is 5.73 Å². The molecule has 0 radical (unpaired) electrons. The lowest BCUT2D eigenvalue weighted by atomic mass is 10.4. The Labute approximate surface area is 125 Å². The zero-order chi connectivity index (χ0) is 16.4. The molecule has 122 valence electrons. The molecule has 2 N–H and O–H groups in total. The van der Waals surface area contributed by atoms with Gasteiger partial charge >= 0.3 is 0 Å². The molecule has 1 aromatic rings. The number of aryl methyl sites for hydroxylation is 1. The van der Waals surface area contributed by atoms with Gasteiger partial charge in [-0.15, -0.1) is 0 Å². The largest absolute Gasteiger partial charge is 0.329 e. The summed E-state index contributed by atoms with van der Waals surface area (Å²) in [5.41, 5.74) is 6.35. The third-order valence-electron chi connectivity index (χ3n) is 3.10. The molecular formula is C11H22N4O4S2. The molecule has 10 heteroatoms. The first-order valence-electron chi connectivity index (χ1n) is 6.39. The minimum absolute atomic E-state index is 0.0951. The summed E-state index contributed by atoms with van der Waals surface area (Å²) in [5, 5.41) is 4.17. The van der Waals surface area contributed by atoms with Gasteiger partial charge in [0.1, 0.15) is 14.7 Å². The minimum Gasteiger partial charge on any atom is -0.329 e. The van der Waals surface area contributed by atoms with Crippen LogP contribution in [0.1, 0.15) is 11.4 Å². The number of sulfone groups is 1. The Morgan fingerprint density at radius 1 is 1.24 bits per heavy atom. The summed E-state index contributed by atoms with van der Waals surface area (Å²) >= 11 is 0. The maximum atomic E-state index is 12.6. The van der Waals surface area contributed by atoms with Gasteiger partial charge in [0, 0.05) is 26.4 Å². The van der Waals surface area contributed by atoms with Crippen LogP contribution in [0.4, 0.5) is 0 Å². The van der Waals surface area contributed by atoms with Crippen LogP contribution in [0.3, 0.4) is 0 Å². The Kier molecular flexibility index (Phi) is 5.53. The SMILES string of the molecule is Cc1nn(CCN)c(C)c1S(=O)(=O)N(C)CCS(C)(=O)=O. The molecule has 0 aromatic carbocycles. The first-order valence-corrected chi connectivity index (χ1v) is 9.89. The Hall–Kier alpha value is -0.970. The fraction of sp³-hybridized carbons (Fsp3) is 0.727. The van der Waals surface area contributed by atoms with Crippen molar-refractivity contribution in [3.05, 3.63) is 11.4 Å². The van der Waals surface area contributed by atoms with Crippen LogP contribution in [0.5, 0.6) is 0 Å². The predicted octanol–water partition coefficient (Wildman–Crippen LogP) is -0.876. The van der Waals surface area contributed by atoms with Crippen molar-refractivity contribution in [1.82, 2.24) is 14.1 Å². The summed E-state index contributed by atoms with van der Waals surface area (Å²) in [4.78, 5) is 0.118. The van der Waals surface area contributed by atoms with Crippen molar-refractivity contribution < 1.29 is 16.8 Å². The van der Waals surface area contributed by atoms with Crippen molar-refractivity contribution >= 4 is 19.9 Å². The molecular weight excluding hydrogens is 316 g/mol. The quantitative estimate of drug-likeness (QED) is 0.690. The predicted molar refractivity (Wildman–Crippen MR) is 80.3 cm³/mol. The summed E-state index contributed by atoms with van der Waals surface area (Å²) in [6.45, 7) is 3.95. The van der Waals surface area contributed by atoms with Crippen LogP contribution >= 0.6 is 0 Å². The second-order valence-corrected chi connectivity index (χ2v) is 9.21. The highest BCUT2D eigenvalue weighted by Crippen LogP contribution is 2.22. The maximum Gasteiger partial charge on any atom is 0.246 e. The average molecular weight is 338 g/mol. The zero-order valence-corrected chi connectivity index (χ0v) is 14.3. The van der Waals surface area contributed by atoms with E-state index in [9.17, 15) is 16.8 Å². The van der Waals surface area contributed by atoms with Crippen LogP contribution in [0.25, 0.3) is 0 Å². The number of aromatic nitrogens is 2. The Morgan fingerprint density at radius 2 is 1.81 bits per heavy atom. The highest BCUT2D eigenvalue weighted by molar-refractivity contribution is 7.91. The van der Waals surface area contributed by atoms with E-state index in [2.05, 4.69) is 5.10 Å². The van der Waals surface area contributed by atoms with Crippen molar-refractivity contribution in [1.29, 1.82) is 0 Å². The van der Waals surface area contributed by atoms with Gasteiger partial charge in [-0.1, -0.05) is 0 Å². The van der Waals surface area contributed by atoms with Crippen molar-refractivity contribution in [2.45, 2.75) is 25.3 Å². The van der Waals surface area contributed by atoms with E-state index in [1.807, 2.05) is 0 Å². The maximum absolute atomic E-state index is 12.6. The number of sulfonamides is 1. The summed E-state index contributed by atoms with van der Waals surface area (Å²) in [6, 6.07) is 0. The summed E-state index contributed by atoms with van der Waals surface area (Å²) < 4.78 is 50.0. The van der Waals surface area contributed by atoms with Crippen LogP contribution in [0, 0.1) is 13.8 Å². The second-order valence-electron chi connectivity index (χ2n) is 4.97. The van der Waals surface area contributed by atoms with Gasteiger partial charge in [-0.2, -0.15) is 9.40 Å². The van der Waals surface area contributed by atoms with Crippen LogP contribution in [-0.2, 0) is 26.4 Å². The summed E-state index contributed by atoms with van der Waals surface area (Å²) in [7, 11) is -5.64. The Balaban J connectivity index is 3.13. The molecule has 1 rings (SSSR count). The molecule has 0 bridgehead atoms. The highest BCUT2D eigenvalue weighted by atomic mass is 32.2. The van der Waals surface area contributed by atoms with E-state index in [0.717, 1.165) is 10.6 Å². The molecule has 0 fully saturated rings. The van der Waals surface area contributed by atoms with E-state index in [1.165, 1.54) is 7.05 Å². The minimum atomic E-state index is -3.78. The van der Waals surface area contributed by atoms with Gasteiger partial charge in [0.15, 0.2) is 0 Å². The molecule has 1 heterocycles. The highest BCUT2D eigenvalue weighted by Gasteiger charge is 2.28. The van der Waals surface area contributed by atoms with E-state index in [-0.39, 0.29) is 17.2 Å². The van der Waals surface area contributed by atoms with Crippen molar-refractivity contribution in [2.75, 3.05) is 32.1 Å². The topological polar surface area (TPSA) is 115 Å². The molecule has 0 aliphatic heterocycles. The number of hydrogen-bond acceptors (Lipinski definition) is 6. The summed E-state index contributed by atoms with van der Waals surface area (Å²) in [6.07, 6.45) is 1.07. The number of rotatable bonds is 7. The lowest BCUT2D eigenvalue weighted by Gasteiger charge is -2.17. The van der Waals surface area contributed by atoms with Gasteiger partial charge in [0.25, 0.3) is 0 Å². The van der Waals surface area contributed by atoms with Gasteiger partial charge in [0.05, 0.1) is 23.7 Å². The van der Waals surface area contributed by atoms with Crippen molar-refractivity contribution in [2.24, 2.45) is 5.73 Å². The van der Waals surface area contributed by atoms with Crippen molar-refractivity contribution in [3.63, 3.8) is 0 Å². The normalized spacial score (nSPS) is 13.0. The molecule has 21 heavy (non-hydrogen) atoms. The van der Waals surface area contributed by atoms with Gasteiger partial charge in [-0.05, 0) is 13.8 Å². The van der Waals surface area contributed by atoms with Gasteiger partial charge in [-0.3, -0.25) is 4.68 Å². The smallest absolute Gasteiger partial charge is 0.246 e. The Morgan fingerprint density at radius 3 is 2.29 bits per heavy atom. The van der Waals surface area contributed by atoms with Crippen LogP contribution < -0.4 is 5.73 Å². The van der Waals surface area contributed by atoms with Gasteiger partial charge in [-0.25, -0.2) is 16.8 Å². The molecule has 0 amide bonds. The zero-order valence-electron chi connectivity index (χ0n) is 12.7. The molecule has 0 aliphatic carbocycles. The monoisotopic (exact) mass is 338 g/mol. The van der Waals surface area contributed by atoms with Gasteiger partial charge < -0.3 is 5.73 Å². The van der Waals surface area contributed by atoms with Crippen LogP contribution in [0.15, 0.2) is 4.90 Å². The van der Waals surface area contributed by atoms with E-state index >= 15 is 0 Å². The van der Waals surface area contributed by atoms with E-state index in [0.29, 0.717) is 24.5 Å². The second kappa shape index (κ2) is 6.42. The molecule has 0 unspecified atom stereocenters. The summed E-state index contributed by atoms with van der Waals surface area (Å²) in [5.74, 6) is -0.224. The molecule has 0 atom stereocenters. The van der Waals surface area contributed by atoms with E-state index in [1.54, 1.807) is 18.5 Å². The fourth-order valence-electron chi connectivity index (χ4n) is 1.96. The number of nitrogens with two attached hydrogens (primary N) is 1. The number of hydrogen-bond donors (Lipinski definition) is 1. The van der Waals surface area contributed by atoms with E-state index < -0.39 is 19.9 Å². The first-order chi connectivity index (χ1) is 9.50. The molecule has 0 saturated heterocycles. The molecule has 8 nitrogen and oxygen atoms in total. The molecule has 0 aliphatic rings. The number of nitrogens with zero attached hydrogens (tertiary/aromatic N) is 3. The first kappa shape index (κ1) is 18.1. The fourth-order valence-corrected chi connectivity index (χ4v) is 4.22. The van der Waals surface area contributed by atoms with Crippen molar-refractivity contribution in [3.8, 4) is 0 Å². The lowest BCUT2D eigenvalue weighted by Crippen LogP contribution is -2.32. The molecule has 1 aromatic heterocycles. The third kappa shape index (κ3) is 4.25. The molecule has 0 saturated carbocycles. The van der Waals surface area contributed by atoms with Crippen LogP contribution in [0.2, 0.25) is 0 Å². The Bertz CT molecular complexity index is 707. The average Bonchev–Trinajstić information content (AvgIpc) is 2.61. The standard InChI is InChI=1S/C11H22N4O4S2/c1-9-11(10(2)15(13-9)6-5-12)21(18,19)14(3)7-8-20(4,16)17/h5-8,12H2,1-4H3. The third-order valence-corrected chi connectivity index (χ3v) is 6.14. The van der Waals surface area contributed by atoms with Crippen LogP contribution in [-0.4, -0.2) is 63.1 Å².